The van der Waals surface area contributed by atoms with Crippen LogP contribution in [0.15, 0.2) is 53.6 Å². The Morgan fingerprint density at radius 3 is 2.26 bits per heavy atom. The van der Waals surface area contributed by atoms with E-state index < -0.39 is 17.7 Å². The van der Waals surface area contributed by atoms with Crippen LogP contribution in [0.3, 0.4) is 0 Å². The second-order valence-electron chi connectivity index (χ2n) is 7.00. The molecule has 2 aromatic rings. The van der Waals surface area contributed by atoms with Crippen LogP contribution >= 0.6 is 23.2 Å². The van der Waals surface area contributed by atoms with Crippen molar-refractivity contribution in [3.05, 3.63) is 80.4 Å². The van der Waals surface area contributed by atoms with Crippen molar-refractivity contribution in [2.24, 2.45) is 0 Å². The zero-order valence-electron chi connectivity index (χ0n) is 16.5. The lowest BCUT2D eigenvalue weighted by atomic mass is 9.92. The molecule has 1 aliphatic carbocycles. The smallest absolute Gasteiger partial charge is 0.314 e. The molecule has 1 aliphatic rings. The number of carboxylic acid groups (broad SMARTS) is 1. The predicted molar refractivity (Wildman–Crippen MR) is 118 cm³/mol. The van der Waals surface area contributed by atoms with Gasteiger partial charge in [0.15, 0.2) is 5.78 Å². The Hall–Kier alpha value is -3.58. The number of carboxylic acids is 1. The number of anilines is 1. The first-order chi connectivity index (χ1) is 14.7. The van der Waals surface area contributed by atoms with E-state index >= 15 is 0 Å². The molecule has 0 aromatic heterocycles. The first kappa shape index (κ1) is 22.1. The van der Waals surface area contributed by atoms with Crippen molar-refractivity contribution in [3.63, 3.8) is 0 Å². The number of benzene rings is 2. The number of carbonyl (C=O) groups excluding carboxylic acids is 1. The number of hydrogen-bond donors (Lipinski definition) is 1. The van der Waals surface area contributed by atoms with E-state index in [4.69, 9.17) is 23.2 Å². The standard InChI is InChI=1S/C23H15Cl2N3O3/c1-28(2)14-5-3-4-12(6-14)15(23(30)31)7-18-21(13(10-26)11-27)16-8-19(24)20(25)9-17(16)22(18)29/h3-9,15H,1-2H3,(H,30,31). The number of carbonyl (C=O) groups is 2. The van der Waals surface area contributed by atoms with E-state index in [9.17, 15) is 25.2 Å². The molecule has 0 fully saturated rings. The summed E-state index contributed by atoms with van der Waals surface area (Å²) in [5, 5.41) is 29.1. The highest BCUT2D eigenvalue weighted by Crippen LogP contribution is 2.43. The molecular weight excluding hydrogens is 437 g/mol. The molecule has 154 valence electrons. The third-order valence-corrected chi connectivity index (χ3v) is 5.63. The van der Waals surface area contributed by atoms with E-state index in [0.717, 1.165) is 5.69 Å². The molecule has 0 amide bonds. The molecule has 0 saturated heterocycles. The van der Waals surface area contributed by atoms with Gasteiger partial charge < -0.3 is 10.0 Å². The van der Waals surface area contributed by atoms with Gasteiger partial charge in [0.1, 0.15) is 23.6 Å². The first-order valence-electron chi connectivity index (χ1n) is 9.00. The van der Waals surface area contributed by atoms with E-state index in [1.54, 1.807) is 30.3 Å². The van der Waals surface area contributed by atoms with E-state index in [2.05, 4.69) is 0 Å². The van der Waals surface area contributed by atoms with E-state index in [1.165, 1.54) is 18.2 Å². The van der Waals surface area contributed by atoms with Crippen molar-refractivity contribution in [1.29, 1.82) is 10.5 Å². The molecule has 31 heavy (non-hydrogen) atoms. The average Bonchev–Trinajstić information content (AvgIpc) is 2.98. The van der Waals surface area contributed by atoms with Gasteiger partial charge in [0.2, 0.25) is 0 Å². The highest BCUT2D eigenvalue weighted by Gasteiger charge is 2.35. The van der Waals surface area contributed by atoms with Gasteiger partial charge in [0.25, 0.3) is 0 Å². The fraction of sp³-hybridized carbons (Fsp3) is 0.130. The SMILES string of the molecule is CN(C)c1cccc(C(C=C2C(=O)c3cc(Cl)c(Cl)cc3C2=C(C#N)C#N)C(=O)O)c1. The normalized spacial score (nSPS) is 14.6. The minimum Gasteiger partial charge on any atom is -0.481 e. The summed E-state index contributed by atoms with van der Waals surface area (Å²) in [6.45, 7) is 0. The van der Waals surface area contributed by atoms with Gasteiger partial charge in [-0.2, -0.15) is 10.5 Å². The fourth-order valence-electron chi connectivity index (χ4n) is 3.38. The van der Waals surface area contributed by atoms with Crippen molar-refractivity contribution in [1.82, 2.24) is 0 Å². The Morgan fingerprint density at radius 1 is 1.10 bits per heavy atom. The van der Waals surface area contributed by atoms with Gasteiger partial charge >= 0.3 is 5.97 Å². The molecule has 8 heteroatoms. The summed E-state index contributed by atoms with van der Waals surface area (Å²) < 4.78 is 0. The molecule has 2 aromatic carbocycles. The maximum atomic E-state index is 13.1. The molecule has 1 N–H and O–H groups in total. The molecule has 1 atom stereocenters. The fourth-order valence-corrected chi connectivity index (χ4v) is 3.71. The maximum absolute atomic E-state index is 13.1. The quantitative estimate of drug-likeness (QED) is 0.525. The number of nitrogens with zero attached hydrogens (tertiary/aromatic N) is 3. The molecule has 0 bridgehead atoms. The van der Waals surface area contributed by atoms with Gasteiger partial charge in [-0.05, 0) is 35.4 Å². The number of allylic oxidation sites excluding steroid dienone is 3. The Bertz CT molecular complexity index is 1250. The number of Topliss-reactive ketones (excluding diaryl/α,β-unsaturated/α-hetero) is 1. The zero-order chi connectivity index (χ0) is 22.9. The van der Waals surface area contributed by atoms with Crippen LogP contribution in [0.4, 0.5) is 5.69 Å². The van der Waals surface area contributed by atoms with Crippen molar-refractivity contribution in [2.75, 3.05) is 19.0 Å². The third kappa shape index (κ3) is 4.04. The van der Waals surface area contributed by atoms with Crippen LogP contribution in [0.2, 0.25) is 10.0 Å². The molecule has 0 heterocycles. The molecule has 0 radical (unpaired) electrons. The monoisotopic (exact) mass is 451 g/mol. The van der Waals surface area contributed by atoms with Crippen molar-refractivity contribution in [3.8, 4) is 12.1 Å². The Labute approximate surface area is 188 Å². The average molecular weight is 452 g/mol. The van der Waals surface area contributed by atoms with Gasteiger partial charge in [-0.3, -0.25) is 9.59 Å². The number of rotatable bonds is 4. The topological polar surface area (TPSA) is 105 Å². The highest BCUT2D eigenvalue weighted by atomic mass is 35.5. The van der Waals surface area contributed by atoms with Crippen molar-refractivity contribution in [2.45, 2.75) is 5.92 Å². The lowest BCUT2D eigenvalue weighted by molar-refractivity contribution is -0.137. The molecule has 0 aliphatic heterocycles. The van der Waals surface area contributed by atoms with Gasteiger partial charge in [-0.1, -0.05) is 41.4 Å². The highest BCUT2D eigenvalue weighted by molar-refractivity contribution is 6.43. The van der Waals surface area contributed by atoms with Crippen LogP contribution in [0.1, 0.15) is 27.4 Å². The summed E-state index contributed by atoms with van der Waals surface area (Å²) in [6.07, 6.45) is 1.27. The summed E-state index contributed by atoms with van der Waals surface area (Å²) in [5.74, 6) is -2.90. The predicted octanol–water partition coefficient (Wildman–Crippen LogP) is 4.85. The maximum Gasteiger partial charge on any atom is 0.314 e. The molecule has 3 rings (SSSR count). The van der Waals surface area contributed by atoms with Crippen molar-refractivity contribution < 1.29 is 14.7 Å². The Kier molecular flexibility index (Phi) is 6.17. The van der Waals surface area contributed by atoms with Gasteiger partial charge in [-0.25, -0.2) is 0 Å². The van der Waals surface area contributed by atoms with Crippen molar-refractivity contribution >= 4 is 46.2 Å². The number of halogens is 2. The molecule has 1 unspecified atom stereocenters. The van der Waals surface area contributed by atoms with Gasteiger partial charge in [-0.15, -0.1) is 0 Å². The van der Waals surface area contributed by atoms with Crippen LogP contribution in [-0.2, 0) is 4.79 Å². The van der Waals surface area contributed by atoms with Crippen LogP contribution in [0.5, 0.6) is 0 Å². The van der Waals surface area contributed by atoms with Crippen LogP contribution in [0.25, 0.3) is 5.57 Å². The first-order valence-corrected chi connectivity index (χ1v) is 9.76. The summed E-state index contributed by atoms with van der Waals surface area (Å²) in [7, 11) is 3.65. The molecule has 0 saturated carbocycles. The lowest BCUT2D eigenvalue weighted by Gasteiger charge is -2.16. The third-order valence-electron chi connectivity index (χ3n) is 4.91. The Morgan fingerprint density at radius 2 is 1.71 bits per heavy atom. The molecule has 6 nitrogen and oxygen atoms in total. The van der Waals surface area contributed by atoms with E-state index in [0.29, 0.717) is 5.56 Å². The minimum absolute atomic E-state index is 0.0471. The van der Waals surface area contributed by atoms with Gasteiger partial charge in [0, 0.05) is 36.5 Å². The lowest BCUT2D eigenvalue weighted by Crippen LogP contribution is -2.13. The number of hydrogen-bond acceptors (Lipinski definition) is 5. The van der Waals surface area contributed by atoms with Gasteiger partial charge in [0.05, 0.1) is 10.0 Å². The number of nitriles is 2. The van der Waals surface area contributed by atoms with Crippen LogP contribution in [-0.4, -0.2) is 31.0 Å². The summed E-state index contributed by atoms with van der Waals surface area (Å²) in [4.78, 5) is 27.1. The summed E-state index contributed by atoms with van der Waals surface area (Å²) >= 11 is 12.1. The second-order valence-corrected chi connectivity index (χ2v) is 7.81. The van der Waals surface area contributed by atoms with E-state index in [-0.39, 0.29) is 37.9 Å². The Balaban J connectivity index is 2.28. The number of ketones is 1. The van der Waals surface area contributed by atoms with Crippen LogP contribution < -0.4 is 4.90 Å². The molecular formula is C23H15Cl2N3O3. The van der Waals surface area contributed by atoms with Crippen LogP contribution in [0, 0.1) is 22.7 Å². The summed E-state index contributed by atoms with van der Waals surface area (Å²) in [6, 6.07) is 13.2. The summed E-state index contributed by atoms with van der Waals surface area (Å²) in [5.41, 5.74) is 1.35. The number of aliphatic carboxylic acids is 1. The zero-order valence-corrected chi connectivity index (χ0v) is 18.0. The minimum atomic E-state index is -1.19. The number of fused-ring (bicyclic) bond motifs is 1. The second kappa shape index (κ2) is 8.65. The molecule has 0 spiro atoms. The van der Waals surface area contributed by atoms with E-state index in [1.807, 2.05) is 25.1 Å². The largest absolute Gasteiger partial charge is 0.481 e.